The van der Waals surface area contributed by atoms with Gasteiger partial charge in [-0.1, -0.05) is 0 Å². The van der Waals surface area contributed by atoms with Crippen LogP contribution in [0.3, 0.4) is 0 Å². The number of piperazine rings is 1. The van der Waals surface area contributed by atoms with Gasteiger partial charge >= 0.3 is 0 Å². The van der Waals surface area contributed by atoms with E-state index < -0.39 is 0 Å². The van der Waals surface area contributed by atoms with E-state index in [1.807, 2.05) is 9.80 Å². The van der Waals surface area contributed by atoms with Crippen LogP contribution >= 0.6 is 0 Å². The molecule has 0 aromatic rings. The van der Waals surface area contributed by atoms with Gasteiger partial charge in [0.2, 0.25) is 11.8 Å². The van der Waals surface area contributed by atoms with Gasteiger partial charge in [-0.3, -0.25) is 9.59 Å². The van der Waals surface area contributed by atoms with E-state index in [1.165, 1.54) is 0 Å². The van der Waals surface area contributed by atoms with Crippen molar-refractivity contribution >= 4 is 11.8 Å². The Morgan fingerprint density at radius 1 is 0.636 bits per heavy atom. The van der Waals surface area contributed by atoms with Crippen molar-refractivity contribution in [3.05, 3.63) is 0 Å². The highest BCUT2D eigenvalue weighted by molar-refractivity contribution is 5.81. The average Bonchev–Trinajstić information content (AvgIpc) is 2.62. The molecule has 3 fully saturated rings. The normalized spacial score (nSPS) is 25.3. The van der Waals surface area contributed by atoms with Crippen LogP contribution in [-0.4, -0.2) is 74.0 Å². The smallest absolute Gasteiger partial charge is 0.225 e. The van der Waals surface area contributed by atoms with Crippen molar-refractivity contribution in [2.45, 2.75) is 25.7 Å². The Labute approximate surface area is 132 Å². The van der Waals surface area contributed by atoms with Gasteiger partial charge in [0.25, 0.3) is 0 Å². The summed E-state index contributed by atoms with van der Waals surface area (Å²) in [6.45, 7) is 6.87. The summed E-state index contributed by atoms with van der Waals surface area (Å²) in [6, 6.07) is 0. The van der Waals surface area contributed by atoms with Gasteiger partial charge in [-0.25, -0.2) is 0 Å². The average molecular weight is 308 g/mol. The Morgan fingerprint density at radius 2 is 1.09 bits per heavy atom. The third kappa shape index (κ3) is 3.60. The first-order valence-corrected chi connectivity index (χ1v) is 8.74. The lowest BCUT2D eigenvalue weighted by molar-refractivity contribution is -0.143. The van der Waals surface area contributed by atoms with Gasteiger partial charge in [-0.15, -0.1) is 0 Å². The van der Waals surface area contributed by atoms with Gasteiger partial charge in [0.15, 0.2) is 0 Å². The maximum absolute atomic E-state index is 12.5. The summed E-state index contributed by atoms with van der Waals surface area (Å²) in [5.41, 5.74) is 0. The summed E-state index contributed by atoms with van der Waals surface area (Å²) >= 11 is 0. The molecule has 6 nitrogen and oxygen atoms in total. The fourth-order valence-electron chi connectivity index (χ4n) is 3.82. The third-order valence-corrected chi connectivity index (χ3v) is 5.27. The molecule has 0 radical (unpaired) electrons. The molecule has 6 heteroatoms. The van der Waals surface area contributed by atoms with E-state index in [2.05, 4.69) is 10.6 Å². The highest BCUT2D eigenvalue weighted by Gasteiger charge is 2.33. The zero-order valence-corrected chi connectivity index (χ0v) is 13.4. The lowest BCUT2D eigenvalue weighted by atomic mass is 9.92. The van der Waals surface area contributed by atoms with Crippen molar-refractivity contribution < 1.29 is 9.59 Å². The van der Waals surface area contributed by atoms with E-state index in [9.17, 15) is 9.59 Å². The lowest BCUT2D eigenvalue weighted by Crippen LogP contribution is -2.51. The quantitative estimate of drug-likeness (QED) is 0.732. The number of hydrogen-bond donors (Lipinski definition) is 2. The second-order valence-electron chi connectivity index (χ2n) is 6.70. The number of amides is 2. The summed E-state index contributed by atoms with van der Waals surface area (Å²) < 4.78 is 0. The van der Waals surface area contributed by atoms with Crippen LogP contribution in [0.25, 0.3) is 0 Å². The van der Waals surface area contributed by atoms with Crippen molar-refractivity contribution in [2.75, 3.05) is 52.4 Å². The van der Waals surface area contributed by atoms with Gasteiger partial charge < -0.3 is 20.4 Å². The number of carbonyl (C=O) groups excluding carboxylic acids is 2. The molecule has 3 saturated heterocycles. The first kappa shape index (κ1) is 15.7. The molecule has 0 spiro atoms. The van der Waals surface area contributed by atoms with Crippen molar-refractivity contribution in [3.8, 4) is 0 Å². The topological polar surface area (TPSA) is 64.7 Å². The van der Waals surface area contributed by atoms with Crippen LogP contribution in [0.15, 0.2) is 0 Å². The van der Waals surface area contributed by atoms with Crippen LogP contribution in [0, 0.1) is 11.8 Å². The molecule has 3 rings (SSSR count). The van der Waals surface area contributed by atoms with Crippen molar-refractivity contribution in [2.24, 2.45) is 11.8 Å². The van der Waals surface area contributed by atoms with E-state index in [1.54, 1.807) is 0 Å². The molecule has 0 saturated carbocycles. The van der Waals surface area contributed by atoms with Gasteiger partial charge in [0.05, 0.1) is 0 Å². The van der Waals surface area contributed by atoms with Gasteiger partial charge in [-0.05, 0) is 38.8 Å². The Balaban J connectivity index is 1.47. The molecule has 0 unspecified atom stereocenters. The zero-order valence-electron chi connectivity index (χ0n) is 13.4. The van der Waals surface area contributed by atoms with Crippen molar-refractivity contribution in [1.29, 1.82) is 0 Å². The first-order chi connectivity index (χ1) is 10.8. The van der Waals surface area contributed by atoms with Gasteiger partial charge in [0, 0.05) is 51.1 Å². The van der Waals surface area contributed by atoms with Crippen molar-refractivity contribution in [3.63, 3.8) is 0 Å². The highest BCUT2D eigenvalue weighted by Crippen LogP contribution is 2.23. The standard InChI is InChI=1S/C16H28N4O2/c21-15(13-1-5-17-6-2-13)19-9-3-14(4-10-19)16(22)20-11-7-18-8-12-20/h13-14,17-18H,1-12H2. The number of piperidine rings is 2. The number of nitrogens with one attached hydrogen (secondary N) is 2. The molecule has 0 atom stereocenters. The molecule has 124 valence electrons. The monoisotopic (exact) mass is 308 g/mol. The second-order valence-corrected chi connectivity index (χ2v) is 6.70. The molecule has 0 aliphatic carbocycles. The number of hydrogen-bond acceptors (Lipinski definition) is 4. The fraction of sp³-hybridized carbons (Fsp3) is 0.875. The minimum absolute atomic E-state index is 0.121. The van der Waals surface area contributed by atoms with Gasteiger partial charge in [-0.2, -0.15) is 0 Å². The largest absolute Gasteiger partial charge is 0.342 e. The molecule has 2 N–H and O–H groups in total. The second kappa shape index (κ2) is 7.42. The van der Waals surface area contributed by atoms with Crippen molar-refractivity contribution in [1.82, 2.24) is 20.4 Å². The van der Waals surface area contributed by atoms with E-state index in [-0.39, 0.29) is 11.8 Å². The minimum atomic E-state index is 0.121. The Hall–Kier alpha value is -1.14. The molecular weight excluding hydrogens is 280 g/mol. The third-order valence-electron chi connectivity index (χ3n) is 5.27. The van der Waals surface area contributed by atoms with E-state index in [4.69, 9.17) is 0 Å². The predicted octanol–water partition coefficient (Wildman–Crippen LogP) is -0.344. The molecule has 3 aliphatic heterocycles. The molecule has 3 heterocycles. The first-order valence-electron chi connectivity index (χ1n) is 8.74. The molecule has 0 bridgehead atoms. The maximum atomic E-state index is 12.5. The van der Waals surface area contributed by atoms with Crippen LogP contribution in [-0.2, 0) is 9.59 Å². The molecule has 0 aromatic carbocycles. The van der Waals surface area contributed by atoms with Crippen LogP contribution in [0.2, 0.25) is 0 Å². The molecule has 0 aromatic heterocycles. The van der Waals surface area contributed by atoms with E-state index in [0.29, 0.717) is 11.8 Å². The van der Waals surface area contributed by atoms with Gasteiger partial charge in [0.1, 0.15) is 0 Å². The number of rotatable bonds is 2. The highest BCUT2D eigenvalue weighted by atomic mass is 16.2. The fourth-order valence-corrected chi connectivity index (χ4v) is 3.82. The number of carbonyl (C=O) groups is 2. The van der Waals surface area contributed by atoms with Crippen LogP contribution in [0.1, 0.15) is 25.7 Å². The van der Waals surface area contributed by atoms with Crippen LogP contribution < -0.4 is 10.6 Å². The lowest BCUT2D eigenvalue weighted by Gasteiger charge is -2.37. The number of likely N-dealkylation sites (tertiary alicyclic amines) is 1. The Bertz CT molecular complexity index is 357. The summed E-state index contributed by atoms with van der Waals surface area (Å²) in [5, 5.41) is 6.58. The minimum Gasteiger partial charge on any atom is -0.342 e. The predicted molar refractivity (Wildman–Crippen MR) is 84.3 cm³/mol. The van der Waals surface area contributed by atoms with Crippen LogP contribution in [0.4, 0.5) is 0 Å². The summed E-state index contributed by atoms with van der Waals surface area (Å²) in [7, 11) is 0. The maximum Gasteiger partial charge on any atom is 0.225 e. The summed E-state index contributed by atoms with van der Waals surface area (Å²) in [6.07, 6.45) is 3.58. The number of nitrogens with zero attached hydrogens (tertiary/aromatic N) is 2. The molecule has 2 amide bonds. The Kier molecular flexibility index (Phi) is 5.31. The molecule has 3 aliphatic rings. The molecular formula is C16H28N4O2. The van der Waals surface area contributed by atoms with Crippen LogP contribution in [0.5, 0.6) is 0 Å². The zero-order chi connectivity index (χ0) is 15.4. The Morgan fingerprint density at radius 3 is 1.68 bits per heavy atom. The summed E-state index contributed by atoms with van der Waals surface area (Å²) in [4.78, 5) is 29.0. The summed E-state index contributed by atoms with van der Waals surface area (Å²) in [5.74, 6) is 0.932. The van der Waals surface area contributed by atoms with E-state index in [0.717, 1.165) is 78.0 Å². The van der Waals surface area contributed by atoms with E-state index >= 15 is 0 Å². The molecule has 22 heavy (non-hydrogen) atoms. The SMILES string of the molecule is O=C(C1CCN(C(=O)C2CCNCC2)CC1)N1CCNCC1.